The number of hydrogen-bond acceptors (Lipinski definition) is 2. The van der Waals surface area contributed by atoms with Gasteiger partial charge in [0.15, 0.2) is 0 Å². The number of carbonyl (C=O) groups excluding carboxylic acids is 1. The molecule has 0 bridgehead atoms. The highest BCUT2D eigenvalue weighted by Gasteiger charge is 2.31. The first-order valence-corrected chi connectivity index (χ1v) is 6.22. The molecule has 0 aromatic carbocycles. The molecule has 1 aliphatic heterocycles. The van der Waals surface area contributed by atoms with Crippen molar-refractivity contribution in [3.05, 3.63) is 0 Å². The first-order valence-electron chi connectivity index (χ1n) is 6.22. The molecule has 3 nitrogen and oxygen atoms in total. The van der Waals surface area contributed by atoms with E-state index >= 15 is 0 Å². The van der Waals surface area contributed by atoms with E-state index in [1.807, 2.05) is 4.90 Å². The first-order chi connectivity index (χ1) is 7.31. The van der Waals surface area contributed by atoms with Gasteiger partial charge in [-0.2, -0.15) is 0 Å². The van der Waals surface area contributed by atoms with Crippen LogP contribution in [-0.4, -0.2) is 36.1 Å². The fourth-order valence-electron chi connectivity index (χ4n) is 2.32. The molecule has 1 aliphatic carbocycles. The lowest BCUT2D eigenvalue weighted by atomic mass is 10.1. The van der Waals surface area contributed by atoms with E-state index in [4.69, 9.17) is 4.74 Å². The molecule has 1 amide bonds. The zero-order valence-corrected chi connectivity index (χ0v) is 9.58. The van der Waals surface area contributed by atoms with Crippen molar-refractivity contribution in [1.29, 1.82) is 0 Å². The van der Waals surface area contributed by atoms with Crippen LogP contribution in [0.25, 0.3) is 0 Å². The van der Waals surface area contributed by atoms with Crippen molar-refractivity contribution in [2.75, 3.05) is 13.2 Å². The molecule has 0 radical (unpaired) electrons. The molecule has 1 saturated carbocycles. The van der Waals surface area contributed by atoms with E-state index in [1.165, 1.54) is 19.3 Å². The SMILES string of the molecule is CCN(C(=O)CC[C@@H]1CCCO1)C1CC1. The molecule has 1 saturated heterocycles. The lowest BCUT2D eigenvalue weighted by Crippen LogP contribution is -2.33. The number of nitrogens with zero attached hydrogens (tertiary/aromatic N) is 1. The summed E-state index contributed by atoms with van der Waals surface area (Å²) in [6, 6.07) is 0.562. The Bertz CT molecular complexity index is 220. The molecule has 15 heavy (non-hydrogen) atoms. The summed E-state index contributed by atoms with van der Waals surface area (Å²) < 4.78 is 5.52. The molecule has 0 spiro atoms. The highest BCUT2D eigenvalue weighted by molar-refractivity contribution is 5.76. The Kier molecular flexibility index (Phi) is 3.62. The van der Waals surface area contributed by atoms with Crippen molar-refractivity contribution in [2.24, 2.45) is 0 Å². The molecule has 2 rings (SSSR count). The van der Waals surface area contributed by atoms with Crippen LogP contribution in [0.4, 0.5) is 0 Å². The Morgan fingerprint density at radius 3 is 2.73 bits per heavy atom. The molecule has 0 aromatic heterocycles. The van der Waals surface area contributed by atoms with Gasteiger partial charge in [-0.3, -0.25) is 4.79 Å². The fraction of sp³-hybridized carbons (Fsp3) is 0.917. The Hall–Kier alpha value is -0.570. The van der Waals surface area contributed by atoms with Crippen LogP contribution in [-0.2, 0) is 9.53 Å². The van der Waals surface area contributed by atoms with Crippen LogP contribution in [0.5, 0.6) is 0 Å². The van der Waals surface area contributed by atoms with Crippen LogP contribution in [0.1, 0.15) is 45.4 Å². The van der Waals surface area contributed by atoms with Crippen LogP contribution >= 0.6 is 0 Å². The summed E-state index contributed by atoms with van der Waals surface area (Å²) in [6.45, 7) is 3.83. The van der Waals surface area contributed by atoms with Gasteiger partial charge in [0.05, 0.1) is 6.10 Å². The number of amides is 1. The molecule has 0 N–H and O–H groups in total. The van der Waals surface area contributed by atoms with Gasteiger partial charge in [-0.15, -0.1) is 0 Å². The van der Waals surface area contributed by atoms with Crippen molar-refractivity contribution in [3.8, 4) is 0 Å². The van der Waals surface area contributed by atoms with Gasteiger partial charge in [-0.25, -0.2) is 0 Å². The number of hydrogen-bond donors (Lipinski definition) is 0. The Morgan fingerprint density at radius 1 is 1.40 bits per heavy atom. The Balaban J connectivity index is 1.70. The van der Waals surface area contributed by atoms with E-state index in [0.717, 1.165) is 26.0 Å². The molecular weight excluding hydrogens is 190 g/mol. The van der Waals surface area contributed by atoms with Gasteiger partial charge in [0.1, 0.15) is 0 Å². The van der Waals surface area contributed by atoms with Crippen molar-refractivity contribution in [3.63, 3.8) is 0 Å². The van der Waals surface area contributed by atoms with E-state index in [0.29, 0.717) is 24.5 Å². The zero-order chi connectivity index (χ0) is 10.7. The summed E-state index contributed by atoms with van der Waals surface area (Å²) in [7, 11) is 0. The maximum absolute atomic E-state index is 11.9. The lowest BCUT2D eigenvalue weighted by Gasteiger charge is -2.21. The predicted molar refractivity (Wildman–Crippen MR) is 58.6 cm³/mol. The largest absolute Gasteiger partial charge is 0.378 e. The number of ether oxygens (including phenoxy) is 1. The minimum Gasteiger partial charge on any atom is -0.378 e. The van der Waals surface area contributed by atoms with Crippen molar-refractivity contribution < 1.29 is 9.53 Å². The van der Waals surface area contributed by atoms with E-state index in [9.17, 15) is 4.79 Å². The molecule has 86 valence electrons. The summed E-state index contributed by atoms with van der Waals surface area (Å²) in [5.74, 6) is 0.329. The first kappa shape index (κ1) is 10.9. The summed E-state index contributed by atoms with van der Waals surface area (Å²) in [6.07, 6.45) is 6.67. The molecule has 1 atom stereocenters. The van der Waals surface area contributed by atoms with Gasteiger partial charge in [-0.1, -0.05) is 0 Å². The summed E-state index contributed by atoms with van der Waals surface area (Å²) in [5.41, 5.74) is 0. The lowest BCUT2D eigenvalue weighted by molar-refractivity contribution is -0.132. The molecule has 0 unspecified atom stereocenters. The van der Waals surface area contributed by atoms with E-state index < -0.39 is 0 Å². The second-order valence-corrected chi connectivity index (χ2v) is 4.58. The van der Waals surface area contributed by atoms with Crippen molar-refractivity contribution >= 4 is 5.91 Å². The summed E-state index contributed by atoms with van der Waals surface area (Å²) in [4.78, 5) is 13.9. The van der Waals surface area contributed by atoms with Gasteiger partial charge in [-0.05, 0) is 39.0 Å². The third-order valence-corrected chi connectivity index (χ3v) is 3.35. The topological polar surface area (TPSA) is 29.5 Å². The van der Waals surface area contributed by atoms with Crippen LogP contribution < -0.4 is 0 Å². The average molecular weight is 211 g/mol. The Labute approximate surface area is 91.8 Å². The van der Waals surface area contributed by atoms with Crippen molar-refractivity contribution in [2.45, 2.75) is 57.6 Å². The van der Waals surface area contributed by atoms with Gasteiger partial charge in [0, 0.05) is 25.6 Å². The average Bonchev–Trinajstić information content (AvgIpc) is 2.93. The molecule has 2 fully saturated rings. The number of rotatable bonds is 5. The molecule has 2 aliphatic rings. The van der Waals surface area contributed by atoms with Crippen LogP contribution in [0.3, 0.4) is 0 Å². The van der Waals surface area contributed by atoms with Gasteiger partial charge in [0.25, 0.3) is 0 Å². The monoisotopic (exact) mass is 211 g/mol. The quantitative estimate of drug-likeness (QED) is 0.695. The predicted octanol–water partition coefficient (Wildman–Crippen LogP) is 1.96. The molecule has 0 aromatic rings. The standard InChI is InChI=1S/C12H21NO2/c1-2-13(10-5-6-10)12(14)8-7-11-4-3-9-15-11/h10-11H,2-9H2,1H3/t11-/m0/s1. The highest BCUT2D eigenvalue weighted by Crippen LogP contribution is 2.27. The van der Waals surface area contributed by atoms with Gasteiger partial charge < -0.3 is 9.64 Å². The maximum Gasteiger partial charge on any atom is 0.222 e. The van der Waals surface area contributed by atoms with Crippen molar-refractivity contribution in [1.82, 2.24) is 4.90 Å². The van der Waals surface area contributed by atoms with Gasteiger partial charge >= 0.3 is 0 Å². The number of carbonyl (C=O) groups is 1. The normalized spacial score (nSPS) is 25.5. The second kappa shape index (κ2) is 4.97. The van der Waals surface area contributed by atoms with Crippen LogP contribution in [0.2, 0.25) is 0 Å². The second-order valence-electron chi connectivity index (χ2n) is 4.58. The fourth-order valence-corrected chi connectivity index (χ4v) is 2.32. The minimum atomic E-state index is 0.329. The molecule has 3 heteroatoms. The van der Waals surface area contributed by atoms with Crippen LogP contribution in [0.15, 0.2) is 0 Å². The van der Waals surface area contributed by atoms with E-state index in [2.05, 4.69) is 6.92 Å². The van der Waals surface area contributed by atoms with Gasteiger partial charge in [0.2, 0.25) is 5.91 Å². The minimum absolute atomic E-state index is 0.329. The van der Waals surface area contributed by atoms with Crippen LogP contribution in [0, 0.1) is 0 Å². The molecule has 1 heterocycles. The van der Waals surface area contributed by atoms with E-state index in [1.54, 1.807) is 0 Å². The third-order valence-electron chi connectivity index (χ3n) is 3.35. The highest BCUT2D eigenvalue weighted by atomic mass is 16.5. The van der Waals surface area contributed by atoms with E-state index in [-0.39, 0.29) is 0 Å². The maximum atomic E-state index is 11.9. The molecular formula is C12H21NO2. The third kappa shape index (κ3) is 2.94. The summed E-state index contributed by atoms with van der Waals surface area (Å²) in [5, 5.41) is 0. The zero-order valence-electron chi connectivity index (χ0n) is 9.58. The summed E-state index contributed by atoms with van der Waals surface area (Å²) >= 11 is 0. The Morgan fingerprint density at radius 2 is 2.20 bits per heavy atom. The smallest absolute Gasteiger partial charge is 0.222 e.